The Morgan fingerprint density at radius 3 is 2.82 bits per heavy atom. The number of carbonyl (C=O) groups excluding carboxylic acids is 1. The number of carbonyl (C=O) groups is 1. The Hall–Kier alpha value is -3.32. The van der Waals surface area contributed by atoms with Gasteiger partial charge in [0.25, 0.3) is 0 Å². The van der Waals surface area contributed by atoms with Gasteiger partial charge in [0.1, 0.15) is 5.58 Å². The average Bonchev–Trinajstić information content (AvgIpc) is 2.84. The zero-order valence-corrected chi connectivity index (χ0v) is 19.3. The number of fused-ring (bicyclic) bond motifs is 1. The summed E-state index contributed by atoms with van der Waals surface area (Å²) in [6.07, 6.45) is 2.76. The summed E-state index contributed by atoms with van der Waals surface area (Å²) in [5.41, 5.74) is 3.73. The molecule has 0 saturated carbocycles. The van der Waals surface area contributed by atoms with Crippen LogP contribution in [0.25, 0.3) is 11.0 Å². The second-order valence-electron chi connectivity index (χ2n) is 8.41. The SMILES string of the molecule is COC(=O)c1ccccc1NCCc1cc(C)cc2c(=O)cc(N3CCC[C@H](OC)C3)oc12. The maximum atomic E-state index is 13.0. The van der Waals surface area contributed by atoms with E-state index in [0.29, 0.717) is 47.6 Å². The molecule has 33 heavy (non-hydrogen) atoms. The molecular formula is C26H30N2O5. The van der Waals surface area contributed by atoms with Crippen LogP contribution in [0, 0.1) is 6.92 Å². The molecule has 0 radical (unpaired) electrons. The van der Waals surface area contributed by atoms with Crippen molar-refractivity contribution in [3.05, 3.63) is 69.4 Å². The van der Waals surface area contributed by atoms with E-state index in [4.69, 9.17) is 13.9 Å². The Kier molecular flexibility index (Phi) is 6.99. The molecule has 174 valence electrons. The second-order valence-corrected chi connectivity index (χ2v) is 8.41. The smallest absolute Gasteiger partial charge is 0.339 e. The van der Waals surface area contributed by atoms with Gasteiger partial charge in [-0.1, -0.05) is 18.2 Å². The minimum atomic E-state index is -0.384. The van der Waals surface area contributed by atoms with Crippen LogP contribution in [0.5, 0.6) is 0 Å². The topological polar surface area (TPSA) is 81.0 Å². The van der Waals surface area contributed by atoms with Crippen LogP contribution in [0.2, 0.25) is 0 Å². The zero-order valence-electron chi connectivity index (χ0n) is 19.3. The molecule has 7 nitrogen and oxygen atoms in total. The highest BCUT2D eigenvalue weighted by molar-refractivity contribution is 5.95. The lowest BCUT2D eigenvalue weighted by molar-refractivity contribution is 0.0602. The highest BCUT2D eigenvalue weighted by Crippen LogP contribution is 2.27. The first kappa shape index (κ1) is 22.9. The van der Waals surface area contributed by atoms with Crippen LogP contribution < -0.4 is 15.6 Å². The van der Waals surface area contributed by atoms with E-state index in [1.165, 1.54) is 7.11 Å². The van der Waals surface area contributed by atoms with E-state index < -0.39 is 0 Å². The number of rotatable bonds is 7. The van der Waals surface area contributed by atoms with E-state index in [-0.39, 0.29) is 17.5 Å². The van der Waals surface area contributed by atoms with Gasteiger partial charge >= 0.3 is 5.97 Å². The number of nitrogens with zero attached hydrogens (tertiary/aromatic N) is 1. The van der Waals surface area contributed by atoms with Crippen molar-refractivity contribution in [3.8, 4) is 0 Å². The molecule has 0 aliphatic carbocycles. The normalized spacial score (nSPS) is 16.1. The largest absolute Gasteiger partial charge is 0.465 e. The molecule has 4 rings (SSSR count). The summed E-state index contributed by atoms with van der Waals surface area (Å²) in [6.45, 7) is 4.08. The molecule has 3 aromatic rings. The summed E-state index contributed by atoms with van der Waals surface area (Å²) >= 11 is 0. The summed E-state index contributed by atoms with van der Waals surface area (Å²) in [5, 5.41) is 3.91. The molecule has 1 aromatic heterocycles. The first-order chi connectivity index (χ1) is 16.0. The van der Waals surface area contributed by atoms with E-state index >= 15 is 0 Å². The first-order valence-electron chi connectivity index (χ1n) is 11.3. The van der Waals surface area contributed by atoms with Crippen molar-refractivity contribution >= 4 is 28.5 Å². The van der Waals surface area contributed by atoms with Gasteiger partial charge in [-0.25, -0.2) is 4.79 Å². The van der Waals surface area contributed by atoms with Crippen molar-refractivity contribution in [3.63, 3.8) is 0 Å². The van der Waals surface area contributed by atoms with Crippen molar-refractivity contribution in [1.82, 2.24) is 0 Å². The number of anilines is 2. The monoisotopic (exact) mass is 450 g/mol. The number of esters is 1. The third-order valence-electron chi connectivity index (χ3n) is 6.10. The van der Waals surface area contributed by atoms with Gasteiger partial charge in [-0.05, 0) is 55.5 Å². The third kappa shape index (κ3) is 5.03. The van der Waals surface area contributed by atoms with E-state index in [2.05, 4.69) is 16.3 Å². The molecule has 0 amide bonds. The van der Waals surface area contributed by atoms with Gasteiger partial charge < -0.3 is 24.1 Å². The van der Waals surface area contributed by atoms with Crippen LogP contribution >= 0.6 is 0 Å². The number of methoxy groups -OCH3 is 2. The molecule has 1 fully saturated rings. The Balaban J connectivity index is 1.61. The maximum absolute atomic E-state index is 13.0. The fourth-order valence-corrected chi connectivity index (χ4v) is 4.41. The second kappa shape index (κ2) is 10.1. The summed E-state index contributed by atoms with van der Waals surface area (Å²) in [7, 11) is 3.09. The van der Waals surface area contributed by atoms with Crippen molar-refractivity contribution in [2.24, 2.45) is 0 Å². The molecule has 2 heterocycles. The lowest BCUT2D eigenvalue weighted by Crippen LogP contribution is -2.39. The lowest BCUT2D eigenvalue weighted by Gasteiger charge is -2.32. The summed E-state index contributed by atoms with van der Waals surface area (Å²) in [5.74, 6) is 0.203. The molecular weight excluding hydrogens is 420 g/mol. The summed E-state index contributed by atoms with van der Waals surface area (Å²) < 4.78 is 16.7. The molecule has 1 N–H and O–H groups in total. The predicted octanol–water partition coefficient (Wildman–Crippen LogP) is 4.16. The molecule has 7 heteroatoms. The van der Waals surface area contributed by atoms with Crippen molar-refractivity contribution in [1.29, 1.82) is 0 Å². The van der Waals surface area contributed by atoms with Gasteiger partial charge in [0.05, 0.1) is 24.2 Å². The van der Waals surface area contributed by atoms with Crippen LogP contribution in [-0.2, 0) is 15.9 Å². The van der Waals surface area contributed by atoms with E-state index in [0.717, 1.165) is 30.5 Å². The predicted molar refractivity (Wildman–Crippen MR) is 129 cm³/mol. The van der Waals surface area contributed by atoms with Gasteiger partial charge in [-0.15, -0.1) is 0 Å². The van der Waals surface area contributed by atoms with E-state index in [1.54, 1.807) is 25.3 Å². The Bertz CT molecular complexity index is 1200. The highest BCUT2D eigenvalue weighted by Gasteiger charge is 2.22. The van der Waals surface area contributed by atoms with Crippen LogP contribution in [0.1, 0.15) is 34.3 Å². The van der Waals surface area contributed by atoms with Crippen LogP contribution in [0.4, 0.5) is 11.6 Å². The number of aryl methyl sites for hydroxylation is 1. The number of ether oxygens (including phenoxy) is 2. The Morgan fingerprint density at radius 1 is 1.21 bits per heavy atom. The minimum Gasteiger partial charge on any atom is -0.465 e. The van der Waals surface area contributed by atoms with Crippen molar-refractivity contribution < 1.29 is 18.7 Å². The fraction of sp³-hybridized carbons (Fsp3) is 0.385. The molecule has 0 bridgehead atoms. The molecule has 0 unspecified atom stereocenters. The Morgan fingerprint density at radius 2 is 2.03 bits per heavy atom. The average molecular weight is 451 g/mol. The standard InChI is InChI=1S/C26H30N2O5/c1-17-13-18(10-11-27-22-9-5-4-8-20(22)26(30)32-3)25-21(14-17)23(29)15-24(33-25)28-12-6-7-19(16-28)31-2/h4-5,8-9,13-15,19,27H,6-7,10-12,16H2,1-3H3/t19-/m0/s1. The maximum Gasteiger partial charge on any atom is 0.339 e. The number of benzene rings is 2. The summed E-state index contributed by atoms with van der Waals surface area (Å²) in [4.78, 5) is 27.1. The van der Waals surface area contributed by atoms with E-state index in [9.17, 15) is 9.59 Å². The molecule has 2 aromatic carbocycles. The van der Waals surface area contributed by atoms with Crippen molar-refractivity contribution in [2.45, 2.75) is 32.3 Å². The summed E-state index contributed by atoms with van der Waals surface area (Å²) in [6, 6.07) is 12.8. The number of hydrogen-bond donors (Lipinski definition) is 1. The third-order valence-corrected chi connectivity index (χ3v) is 6.10. The van der Waals surface area contributed by atoms with Gasteiger partial charge in [-0.2, -0.15) is 0 Å². The van der Waals surface area contributed by atoms with Gasteiger partial charge in [0.2, 0.25) is 0 Å². The zero-order chi connectivity index (χ0) is 23.4. The molecule has 1 atom stereocenters. The Labute approximate surface area is 193 Å². The lowest BCUT2D eigenvalue weighted by atomic mass is 10.0. The molecule has 1 aliphatic rings. The molecule has 0 spiro atoms. The number of para-hydroxylation sites is 1. The number of nitrogens with one attached hydrogen (secondary N) is 1. The fourth-order valence-electron chi connectivity index (χ4n) is 4.41. The van der Waals surface area contributed by atoms with Gasteiger partial charge in [-0.3, -0.25) is 4.79 Å². The minimum absolute atomic E-state index is 0.0419. The number of piperidine rings is 1. The van der Waals surface area contributed by atoms with Gasteiger partial charge in [0, 0.05) is 38.5 Å². The van der Waals surface area contributed by atoms with Crippen molar-refractivity contribution in [2.75, 3.05) is 44.1 Å². The first-order valence-corrected chi connectivity index (χ1v) is 11.3. The van der Waals surface area contributed by atoms with Crippen LogP contribution in [-0.4, -0.2) is 45.9 Å². The van der Waals surface area contributed by atoms with E-state index in [1.807, 2.05) is 25.1 Å². The quantitative estimate of drug-likeness (QED) is 0.542. The van der Waals surface area contributed by atoms with Crippen LogP contribution in [0.15, 0.2) is 51.7 Å². The highest BCUT2D eigenvalue weighted by atomic mass is 16.5. The van der Waals surface area contributed by atoms with Gasteiger partial charge in [0.15, 0.2) is 11.3 Å². The molecule has 1 saturated heterocycles. The molecule has 1 aliphatic heterocycles. The van der Waals surface area contributed by atoms with Crippen LogP contribution in [0.3, 0.4) is 0 Å². The number of hydrogen-bond acceptors (Lipinski definition) is 7.